The molecule has 28 heavy (non-hydrogen) atoms. The van der Waals surface area contributed by atoms with Gasteiger partial charge in [-0.15, -0.1) is 15.3 Å². The third-order valence-corrected chi connectivity index (χ3v) is 5.01. The fourth-order valence-electron chi connectivity index (χ4n) is 3.33. The molecule has 4 rings (SSSR count). The summed E-state index contributed by atoms with van der Waals surface area (Å²) < 4.78 is 1.62. The number of piperazine rings is 1. The predicted molar refractivity (Wildman–Crippen MR) is 106 cm³/mol. The Balaban J connectivity index is 1.54. The molecule has 1 aliphatic heterocycles. The van der Waals surface area contributed by atoms with Crippen LogP contribution in [0.25, 0.3) is 22.5 Å². The van der Waals surface area contributed by atoms with Crippen LogP contribution in [0.3, 0.4) is 0 Å². The second-order valence-electron chi connectivity index (χ2n) is 7.40. The van der Waals surface area contributed by atoms with Crippen molar-refractivity contribution in [2.45, 2.75) is 19.9 Å². The maximum absolute atomic E-state index is 10.5. The Morgan fingerprint density at radius 3 is 2.68 bits per heavy atom. The summed E-state index contributed by atoms with van der Waals surface area (Å²) in [6.07, 6.45) is 3.45. The van der Waals surface area contributed by atoms with Crippen LogP contribution in [0.15, 0.2) is 30.6 Å². The van der Waals surface area contributed by atoms with E-state index in [2.05, 4.69) is 49.6 Å². The lowest BCUT2D eigenvalue weighted by molar-refractivity contribution is 0.365. The van der Waals surface area contributed by atoms with E-state index < -0.39 is 0 Å². The molecule has 1 fully saturated rings. The van der Waals surface area contributed by atoms with Crippen molar-refractivity contribution in [1.82, 2.24) is 35.5 Å². The number of anilines is 1. The number of aromatic hydroxyl groups is 1. The van der Waals surface area contributed by atoms with E-state index in [0.29, 0.717) is 34.9 Å². The van der Waals surface area contributed by atoms with Gasteiger partial charge in [-0.2, -0.15) is 0 Å². The van der Waals surface area contributed by atoms with Gasteiger partial charge in [0.05, 0.1) is 12.4 Å². The van der Waals surface area contributed by atoms with Crippen LogP contribution in [0.5, 0.6) is 5.75 Å². The Morgan fingerprint density at radius 2 is 2.04 bits per heavy atom. The van der Waals surface area contributed by atoms with E-state index in [1.165, 1.54) is 0 Å². The summed E-state index contributed by atoms with van der Waals surface area (Å²) in [7, 11) is 1.80. The summed E-state index contributed by atoms with van der Waals surface area (Å²) in [6.45, 7) is 7.02. The first-order valence-electron chi connectivity index (χ1n) is 9.39. The van der Waals surface area contributed by atoms with E-state index in [4.69, 9.17) is 0 Å². The van der Waals surface area contributed by atoms with E-state index in [1.807, 2.05) is 6.07 Å². The molecule has 3 heterocycles. The van der Waals surface area contributed by atoms with E-state index >= 15 is 0 Å². The van der Waals surface area contributed by atoms with Crippen LogP contribution in [-0.4, -0.2) is 61.0 Å². The van der Waals surface area contributed by atoms with Crippen LogP contribution in [0, 0.1) is 5.92 Å². The molecule has 1 saturated heterocycles. The maximum atomic E-state index is 10.5. The van der Waals surface area contributed by atoms with E-state index in [9.17, 15) is 5.11 Å². The molecule has 0 unspecified atom stereocenters. The Labute approximate surface area is 163 Å². The lowest BCUT2D eigenvalue weighted by atomic mass is 10.0. The van der Waals surface area contributed by atoms with Gasteiger partial charge < -0.3 is 15.3 Å². The Kier molecular flexibility index (Phi) is 4.91. The van der Waals surface area contributed by atoms with Crippen LogP contribution in [0.4, 0.5) is 5.95 Å². The summed E-state index contributed by atoms with van der Waals surface area (Å²) in [6, 6.07) is 5.73. The zero-order valence-corrected chi connectivity index (χ0v) is 16.2. The number of benzene rings is 1. The number of phenolic OH excluding ortho intramolecular Hbond substituents is 1. The number of nitrogens with one attached hydrogen (secondary N) is 1. The van der Waals surface area contributed by atoms with Gasteiger partial charge in [-0.1, -0.05) is 25.1 Å². The molecule has 0 saturated carbocycles. The van der Waals surface area contributed by atoms with Crippen molar-refractivity contribution in [1.29, 1.82) is 0 Å². The van der Waals surface area contributed by atoms with Crippen LogP contribution >= 0.6 is 0 Å². The zero-order valence-electron chi connectivity index (χ0n) is 16.2. The molecule has 1 atom stereocenters. The molecule has 146 valence electrons. The van der Waals surface area contributed by atoms with Gasteiger partial charge in [0.25, 0.3) is 0 Å². The summed E-state index contributed by atoms with van der Waals surface area (Å²) >= 11 is 0. The standard InChI is InChI=1S/C19H24N8O/c1-12(2)16-11-27(7-6-20-16)19-21-9-15(22-24-19)14-5-4-13(8-18(14)28)17-10-26(3)25-23-17/h4-5,8-10,12,16,20,28H,6-7,11H2,1-3H3/t16-/m1/s1. The Hall–Kier alpha value is -3.07. The van der Waals surface area contributed by atoms with Crippen LogP contribution < -0.4 is 10.2 Å². The Morgan fingerprint density at radius 1 is 1.18 bits per heavy atom. The van der Waals surface area contributed by atoms with Crippen molar-refractivity contribution in [2.24, 2.45) is 13.0 Å². The van der Waals surface area contributed by atoms with Gasteiger partial charge in [-0.05, 0) is 18.1 Å². The minimum absolute atomic E-state index is 0.106. The van der Waals surface area contributed by atoms with Crippen LogP contribution in [-0.2, 0) is 7.05 Å². The van der Waals surface area contributed by atoms with Gasteiger partial charge in [-0.3, -0.25) is 4.68 Å². The molecule has 2 N–H and O–H groups in total. The van der Waals surface area contributed by atoms with Crippen molar-refractivity contribution < 1.29 is 5.11 Å². The van der Waals surface area contributed by atoms with E-state index in [0.717, 1.165) is 25.2 Å². The highest BCUT2D eigenvalue weighted by molar-refractivity contribution is 5.72. The smallest absolute Gasteiger partial charge is 0.245 e. The number of aromatic nitrogens is 6. The average molecular weight is 380 g/mol. The van der Waals surface area contributed by atoms with Crippen molar-refractivity contribution in [2.75, 3.05) is 24.5 Å². The summed E-state index contributed by atoms with van der Waals surface area (Å²) in [5, 5.41) is 30.6. The third-order valence-electron chi connectivity index (χ3n) is 5.01. The zero-order chi connectivity index (χ0) is 19.7. The largest absolute Gasteiger partial charge is 0.507 e. The monoisotopic (exact) mass is 380 g/mol. The van der Waals surface area contributed by atoms with Gasteiger partial charge in [0.1, 0.15) is 17.1 Å². The molecule has 0 bridgehead atoms. The fraction of sp³-hybridized carbons (Fsp3) is 0.421. The number of hydrogen-bond acceptors (Lipinski definition) is 8. The van der Waals surface area contributed by atoms with Gasteiger partial charge in [0.2, 0.25) is 5.95 Å². The lowest BCUT2D eigenvalue weighted by Gasteiger charge is -2.35. The second kappa shape index (κ2) is 7.51. The predicted octanol–water partition coefficient (Wildman–Crippen LogP) is 1.47. The first-order chi connectivity index (χ1) is 13.5. The maximum Gasteiger partial charge on any atom is 0.245 e. The molecular formula is C19H24N8O. The number of rotatable bonds is 4. The molecule has 1 aromatic carbocycles. The molecule has 9 heteroatoms. The van der Waals surface area contributed by atoms with Gasteiger partial charge in [0, 0.05) is 43.9 Å². The normalized spacial score (nSPS) is 17.3. The van der Waals surface area contributed by atoms with Crippen molar-refractivity contribution in [3.05, 3.63) is 30.6 Å². The molecular weight excluding hydrogens is 356 g/mol. The number of hydrogen-bond donors (Lipinski definition) is 2. The highest BCUT2D eigenvalue weighted by Crippen LogP contribution is 2.31. The first kappa shape index (κ1) is 18.3. The minimum Gasteiger partial charge on any atom is -0.507 e. The number of phenols is 1. The van der Waals surface area contributed by atoms with Gasteiger partial charge in [-0.25, -0.2) is 4.98 Å². The van der Waals surface area contributed by atoms with E-state index in [1.54, 1.807) is 36.3 Å². The highest BCUT2D eigenvalue weighted by atomic mass is 16.3. The van der Waals surface area contributed by atoms with Gasteiger partial charge >= 0.3 is 0 Å². The molecule has 2 aromatic heterocycles. The van der Waals surface area contributed by atoms with E-state index in [-0.39, 0.29) is 5.75 Å². The SMILES string of the molecule is CC(C)[C@H]1CN(c2ncc(-c3ccc(-c4cn(C)nn4)cc3O)nn2)CCN1. The average Bonchev–Trinajstić information content (AvgIpc) is 3.14. The molecule has 3 aromatic rings. The molecule has 9 nitrogen and oxygen atoms in total. The quantitative estimate of drug-likeness (QED) is 0.701. The van der Waals surface area contributed by atoms with Crippen LogP contribution in [0.2, 0.25) is 0 Å². The molecule has 0 radical (unpaired) electrons. The summed E-state index contributed by atoms with van der Waals surface area (Å²) in [4.78, 5) is 6.63. The number of nitrogens with zero attached hydrogens (tertiary/aromatic N) is 7. The highest BCUT2D eigenvalue weighted by Gasteiger charge is 2.23. The summed E-state index contributed by atoms with van der Waals surface area (Å²) in [5.74, 6) is 1.26. The van der Waals surface area contributed by atoms with Crippen molar-refractivity contribution >= 4 is 5.95 Å². The second-order valence-corrected chi connectivity index (χ2v) is 7.40. The molecule has 1 aliphatic rings. The van der Waals surface area contributed by atoms with Crippen molar-refractivity contribution in [3.63, 3.8) is 0 Å². The topological polar surface area (TPSA) is 105 Å². The molecule has 0 spiro atoms. The fourth-order valence-corrected chi connectivity index (χ4v) is 3.33. The van der Waals surface area contributed by atoms with Gasteiger partial charge in [0.15, 0.2) is 0 Å². The van der Waals surface area contributed by atoms with Crippen LogP contribution in [0.1, 0.15) is 13.8 Å². The molecule has 0 aliphatic carbocycles. The minimum atomic E-state index is 0.106. The third kappa shape index (κ3) is 3.65. The Bertz CT molecular complexity index is 953. The number of aryl methyl sites for hydroxylation is 1. The lowest BCUT2D eigenvalue weighted by Crippen LogP contribution is -2.53. The first-order valence-corrected chi connectivity index (χ1v) is 9.39. The van der Waals surface area contributed by atoms with Crippen molar-refractivity contribution in [3.8, 4) is 28.3 Å². The summed E-state index contributed by atoms with van der Waals surface area (Å²) in [5.41, 5.74) is 2.59. The molecule has 0 amide bonds.